The van der Waals surface area contributed by atoms with E-state index in [4.69, 9.17) is 4.74 Å². The molecule has 0 aliphatic rings. The molecule has 0 spiro atoms. The number of hydrogen-bond donors (Lipinski definition) is 2. The van der Waals surface area contributed by atoms with Crippen LogP contribution in [-0.4, -0.2) is 22.8 Å². The second-order valence-corrected chi connectivity index (χ2v) is 8.52. The molecule has 0 aliphatic carbocycles. The average molecular weight is 451 g/mol. The lowest BCUT2D eigenvalue weighted by Crippen LogP contribution is -2.05. The number of para-hydroxylation sites is 1. The van der Waals surface area contributed by atoms with Crippen molar-refractivity contribution in [2.24, 2.45) is 0 Å². The maximum Gasteiger partial charge on any atom is 0.339 e. The SMILES string of the molecule is CCCCCCCCCCCCCCOc1ccc(C#Cc2ccccc2O)cc1C(=O)O. The minimum absolute atomic E-state index is 0.103. The van der Waals surface area contributed by atoms with Gasteiger partial charge in [-0.15, -0.1) is 0 Å². The minimum Gasteiger partial charge on any atom is -0.507 e. The first-order chi connectivity index (χ1) is 16.1. The third-order valence-corrected chi connectivity index (χ3v) is 5.71. The van der Waals surface area contributed by atoms with Crippen molar-refractivity contribution in [3.05, 3.63) is 59.2 Å². The van der Waals surface area contributed by atoms with Crippen LogP contribution < -0.4 is 4.74 Å². The summed E-state index contributed by atoms with van der Waals surface area (Å²) in [5.41, 5.74) is 1.17. The van der Waals surface area contributed by atoms with Gasteiger partial charge in [0.2, 0.25) is 0 Å². The second-order valence-electron chi connectivity index (χ2n) is 8.52. The number of rotatable bonds is 15. The molecule has 4 nitrogen and oxygen atoms in total. The van der Waals surface area contributed by atoms with Gasteiger partial charge in [-0.05, 0) is 36.8 Å². The predicted octanol–water partition coefficient (Wildman–Crippen LogP) is 7.57. The summed E-state index contributed by atoms with van der Waals surface area (Å²) in [6, 6.07) is 11.7. The number of ether oxygens (including phenoxy) is 1. The summed E-state index contributed by atoms with van der Waals surface area (Å²) in [6.45, 7) is 2.77. The van der Waals surface area contributed by atoms with Gasteiger partial charge >= 0.3 is 5.97 Å². The van der Waals surface area contributed by atoms with Gasteiger partial charge in [0.1, 0.15) is 17.1 Å². The molecule has 0 heterocycles. The van der Waals surface area contributed by atoms with E-state index in [-0.39, 0.29) is 11.3 Å². The molecule has 0 aromatic heterocycles. The van der Waals surface area contributed by atoms with E-state index in [2.05, 4.69) is 18.8 Å². The molecule has 2 N–H and O–H groups in total. The Balaban J connectivity index is 1.69. The molecule has 4 heteroatoms. The van der Waals surface area contributed by atoms with E-state index in [1.807, 2.05) is 0 Å². The molecule has 0 saturated carbocycles. The number of benzene rings is 2. The van der Waals surface area contributed by atoms with Crippen molar-refractivity contribution in [1.82, 2.24) is 0 Å². The zero-order chi connectivity index (χ0) is 23.7. The average Bonchev–Trinajstić information content (AvgIpc) is 2.82. The first kappa shape index (κ1) is 26.3. The van der Waals surface area contributed by atoms with E-state index in [1.54, 1.807) is 36.4 Å². The van der Waals surface area contributed by atoms with Gasteiger partial charge < -0.3 is 14.9 Å². The molecule has 0 amide bonds. The van der Waals surface area contributed by atoms with Crippen LogP contribution in [0.3, 0.4) is 0 Å². The van der Waals surface area contributed by atoms with Crippen LogP contribution in [0, 0.1) is 11.8 Å². The number of phenolic OH excluding ortho intramolecular Hbond substituents is 1. The summed E-state index contributed by atoms with van der Waals surface area (Å²) in [7, 11) is 0. The molecule has 2 rings (SSSR count). The molecule has 0 unspecified atom stereocenters. The number of unbranched alkanes of at least 4 members (excludes halogenated alkanes) is 11. The molecule has 0 aliphatic heterocycles. The van der Waals surface area contributed by atoms with Gasteiger partial charge in [0.05, 0.1) is 12.2 Å². The minimum atomic E-state index is -1.04. The second kappa shape index (κ2) is 15.8. The Morgan fingerprint density at radius 3 is 2.03 bits per heavy atom. The number of aromatic hydroxyl groups is 1. The Morgan fingerprint density at radius 1 is 0.818 bits per heavy atom. The van der Waals surface area contributed by atoms with Crippen molar-refractivity contribution in [2.45, 2.75) is 84.0 Å². The zero-order valence-corrected chi connectivity index (χ0v) is 19.9. The van der Waals surface area contributed by atoms with Crippen LogP contribution in [0.15, 0.2) is 42.5 Å². The van der Waals surface area contributed by atoms with Crippen molar-refractivity contribution < 1.29 is 19.7 Å². The van der Waals surface area contributed by atoms with Gasteiger partial charge in [-0.1, -0.05) is 102 Å². The summed E-state index contributed by atoms with van der Waals surface area (Å²) in [4.78, 5) is 11.7. The molecule has 33 heavy (non-hydrogen) atoms. The molecule has 0 radical (unpaired) electrons. The van der Waals surface area contributed by atoms with Gasteiger partial charge in [0.25, 0.3) is 0 Å². The Labute approximate surface area is 199 Å². The molecule has 0 bridgehead atoms. The van der Waals surface area contributed by atoms with E-state index >= 15 is 0 Å². The zero-order valence-electron chi connectivity index (χ0n) is 19.9. The lowest BCUT2D eigenvalue weighted by molar-refractivity contribution is 0.0692. The number of aromatic carboxylic acids is 1. The summed E-state index contributed by atoms with van der Waals surface area (Å²) < 4.78 is 5.76. The molecular weight excluding hydrogens is 412 g/mol. The van der Waals surface area contributed by atoms with Crippen molar-refractivity contribution >= 4 is 5.97 Å². The number of phenols is 1. The van der Waals surface area contributed by atoms with Crippen LogP contribution in [-0.2, 0) is 0 Å². The fourth-order valence-corrected chi connectivity index (χ4v) is 3.74. The Kier molecular flexibility index (Phi) is 12.6. The third-order valence-electron chi connectivity index (χ3n) is 5.71. The molecular formula is C29H38O4. The Morgan fingerprint density at radius 2 is 1.42 bits per heavy atom. The van der Waals surface area contributed by atoms with Crippen LogP contribution in [0.2, 0.25) is 0 Å². The van der Waals surface area contributed by atoms with E-state index < -0.39 is 5.97 Å². The highest BCUT2D eigenvalue weighted by molar-refractivity contribution is 5.91. The molecule has 178 valence electrons. The maximum absolute atomic E-state index is 11.7. The highest BCUT2D eigenvalue weighted by Crippen LogP contribution is 2.21. The van der Waals surface area contributed by atoms with E-state index in [0.717, 1.165) is 12.8 Å². The highest BCUT2D eigenvalue weighted by atomic mass is 16.5. The van der Waals surface area contributed by atoms with E-state index in [9.17, 15) is 15.0 Å². The van der Waals surface area contributed by atoms with Crippen LogP contribution in [0.4, 0.5) is 0 Å². The molecule has 2 aromatic rings. The summed E-state index contributed by atoms with van der Waals surface area (Å²) in [5, 5.41) is 19.4. The van der Waals surface area contributed by atoms with Gasteiger partial charge in [0.15, 0.2) is 0 Å². The van der Waals surface area contributed by atoms with Gasteiger partial charge in [-0.3, -0.25) is 0 Å². The number of carboxylic acid groups (broad SMARTS) is 1. The van der Waals surface area contributed by atoms with Gasteiger partial charge in [0, 0.05) is 5.56 Å². The fourth-order valence-electron chi connectivity index (χ4n) is 3.74. The Hall–Kier alpha value is -2.93. The lowest BCUT2D eigenvalue weighted by atomic mass is 10.1. The predicted molar refractivity (Wildman–Crippen MR) is 134 cm³/mol. The number of hydrogen-bond acceptors (Lipinski definition) is 3. The summed E-state index contributed by atoms with van der Waals surface area (Å²) in [5.74, 6) is 5.23. The summed E-state index contributed by atoms with van der Waals surface area (Å²) in [6.07, 6.45) is 15.3. The normalized spacial score (nSPS) is 10.5. The monoisotopic (exact) mass is 450 g/mol. The van der Waals surface area contributed by atoms with Crippen LogP contribution in [0.5, 0.6) is 11.5 Å². The standard InChI is InChI=1S/C29H38O4/c1-2-3-4-5-6-7-8-9-10-11-12-15-22-33-28-21-19-24(23-26(28)29(31)32)18-20-25-16-13-14-17-27(25)30/h13-14,16-17,19,21,23,30H,2-12,15,22H2,1H3,(H,31,32). The van der Waals surface area contributed by atoms with E-state index in [0.29, 0.717) is 23.5 Å². The molecule has 0 fully saturated rings. The quantitative estimate of drug-likeness (QED) is 0.217. The van der Waals surface area contributed by atoms with E-state index in [1.165, 1.54) is 70.3 Å². The fraction of sp³-hybridized carbons (Fsp3) is 0.483. The largest absolute Gasteiger partial charge is 0.507 e. The number of carboxylic acids is 1. The van der Waals surface area contributed by atoms with Crippen molar-refractivity contribution in [3.63, 3.8) is 0 Å². The van der Waals surface area contributed by atoms with Crippen LogP contribution in [0.1, 0.15) is 105 Å². The van der Waals surface area contributed by atoms with Gasteiger partial charge in [-0.25, -0.2) is 4.79 Å². The lowest BCUT2D eigenvalue weighted by Gasteiger charge is -2.09. The van der Waals surface area contributed by atoms with Crippen molar-refractivity contribution in [1.29, 1.82) is 0 Å². The highest BCUT2D eigenvalue weighted by Gasteiger charge is 2.12. The third kappa shape index (κ3) is 10.5. The first-order valence-electron chi connectivity index (χ1n) is 12.4. The molecule has 0 atom stereocenters. The Bertz CT molecular complexity index is 907. The van der Waals surface area contributed by atoms with Gasteiger partial charge in [-0.2, -0.15) is 0 Å². The van der Waals surface area contributed by atoms with Crippen molar-refractivity contribution in [2.75, 3.05) is 6.61 Å². The first-order valence-corrected chi connectivity index (χ1v) is 12.4. The smallest absolute Gasteiger partial charge is 0.339 e. The molecule has 2 aromatic carbocycles. The molecule has 0 saturated heterocycles. The number of carbonyl (C=O) groups is 1. The topological polar surface area (TPSA) is 66.8 Å². The maximum atomic E-state index is 11.7. The van der Waals surface area contributed by atoms with Crippen LogP contribution >= 0.6 is 0 Å². The summed E-state index contributed by atoms with van der Waals surface area (Å²) >= 11 is 0. The van der Waals surface area contributed by atoms with Crippen molar-refractivity contribution in [3.8, 4) is 23.3 Å². The van der Waals surface area contributed by atoms with Crippen LogP contribution in [0.25, 0.3) is 0 Å².